The van der Waals surface area contributed by atoms with Gasteiger partial charge in [0.1, 0.15) is 0 Å². The smallest absolute Gasteiger partial charge is 0.340 e. The molecule has 2 atom stereocenters. The van der Waals surface area contributed by atoms with Crippen LogP contribution in [0.5, 0.6) is 0 Å². The zero-order chi connectivity index (χ0) is 20.1. The summed E-state index contributed by atoms with van der Waals surface area (Å²) in [6, 6.07) is 10.1. The van der Waals surface area contributed by atoms with E-state index in [4.69, 9.17) is 9.47 Å². The number of non-ortho nitro benzene ring substituents is 1. The molecule has 4 rings (SSSR count). The Bertz CT molecular complexity index is 1050. The van der Waals surface area contributed by atoms with E-state index in [0.717, 1.165) is 6.07 Å². The van der Waals surface area contributed by atoms with Crippen molar-refractivity contribution in [3.8, 4) is 0 Å². The number of benzene rings is 2. The SMILES string of the molecule is CCOC(=O)[C@@]1([C@@H]2OC(=O)c3cc([N+](=O)[O-])ccc32)NC(=O)c2ccccc21. The van der Waals surface area contributed by atoms with Gasteiger partial charge in [-0.15, -0.1) is 0 Å². The average molecular weight is 382 g/mol. The van der Waals surface area contributed by atoms with Gasteiger partial charge in [0, 0.05) is 28.8 Å². The number of nitrogens with one attached hydrogen (secondary N) is 1. The van der Waals surface area contributed by atoms with Crippen molar-refractivity contribution < 1.29 is 28.8 Å². The highest BCUT2D eigenvalue weighted by Crippen LogP contribution is 2.48. The maximum atomic E-state index is 13.0. The number of esters is 2. The molecular weight excluding hydrogens is 368 g/mol. The van der Waals surface area contributed by atoms with Gasteiger partial charge >= 0.3 is 11.9 Å². The van der Waals surface area contributed by atoms with E-state index in [9.17, 15) is 24.5 Å². The molecule has 1 N–H and O–H groups in total. The maximum absolute atomic E-state index is 13.0. The van der Waals surface area contributed by atoms with Crippen LogP contribution in [-0.2, 0) is 19.8 Å². The largest absolute Gasteiger partial charge is 0.464 e. The van der Waals surface area contributed by atoms with Gasteiger partial charge < -0.3 is 14.8 Å². The number of nitro groups is 1. The topological polar surface area (TPSA) is 125 Å². The number of ether oxygens (including phenoxy) is 2. The molecule has 0 aliphatic carbocycles. The van der Waals surface area contributed by atoms with Crippen LogP contribution in [0.4, 0.5) is 5.69 Å². The minimum atomic E-state index is -1.78. The van der Waals surface area contributed by atoms with Crippen LogP contribution in [0.3, 0.4) is 0 Å². The summed E-state index contributed by atoms with van der Waals surface area (Å²) in [7, 11) is 0. The standard InChI is InChI=1S/C19H14N2O7/c1-2-27-18(24)19(14-6-4-3-5-12(14)16(22)20-19)15-11-8-7-10(21(25)26)9-13(11)17(23)28-15/h3-9,15H,2H2,1H3,(H,20,22)/t15-,19-/m1/s1. The first kappa shape index (κ1) is 17.7. The number of cyclic esters (lactones) is 1. The van der Waals surface area contributed by atoms with Crippen LogP contribution in [0.15, 0.2) is 42.5 Å². The number of rotatable bonds is 4. The molecule has 9 nitrogen and oxygen atoms in total. The predicted octanol–water partition coefficient (Wildman–Crippen LogP) is 2.01. The van der Waals surface area contributed by atoms with Gasteiger partial charge in [-0.1, -0.05) is 18.2 Å². The number of fused-ring (bicyclic) bond motifs is 2. The van der Waals surface area contributed by atoms with Crippen LogP contribution < -0.4 is 5.32 Å². The van der Waals surface area contributed by atoms with Crippen molar-refractivity contribution >= 4 is 23.5 Å². The van der Waals surface area contributed by atoms with Crippen molar-refractivity contribution in [3.63, 3.8) is 0 Å². The zero-order valence-corrected chi connectivity index (χ0v) is 14.6. The highest BCUT2D eigenvalue weighted by molar-refractivity contribution is 6.07. The third-order valence-corrected chi connectivity index (χ3v) is 4.87. The molecule has 0 fully saturated rings. The fraction of sp³-hybridized carbons (Fsp3) is 0.211. The lowest BCUT2D eigenvalue weighted by atomic mass is 9.81. The first-order chi connectivity index (χ1) is 13.4. The monoisotopic (exact) mass is 382 g/mol. The quantitative estimate of drug-likeness (QED) is 0.487. The molecular formula is C19H14N2O7. The van der Waals surface area contributed by atoms with Crippen molar-refractivity contribution in [1.29, 1.82) is 0 Å². The van der Waals surface area contributed by atoms with Crippen LogP contribution >= 0.6 is 0 Å². The molecule has 2 aliphatic heterocycles. The molecule has 2 aliphatic rings. The molecule has 142 valence electrons. The van der Waals surface area contributed by atoms with Crippen LogP contribution in [-0.4, -0.2) is 29.4 Å². The third kappa shape index (κ3) is 2.29. The fourth-order valence-electron chi connectivity index (χ4n) is 3.68. The lowest BCUT2D eigenvalue weighted by Crippen LogP contribution is -2.52. The van der Waals surface area contributed by atoms with E-state index in [1.165, 1.54) is 12.1 Å². The van der Waals surface area contributed by atoms with E-state index in [2.05, 4.69) is 5.32 Å². The van der Waals surface area contributed by atoms with Crippen LogP contribution in [0.25, 0.3) is 0 Å². The molecule has 0 bridgehead atoms. The number of nitro benzene ring substituents is 1. The van der Waals surface area contributed by atoms with Crippen LogP contribution in [0.1, 0.15) is 44.9 Å². The Labute approximate surface area is 158 Å². The first-order valence-electron chi connectivity index (χ1n) is 8.48. The maximum Gasteiger partial charge on any atom is 0.340 e. The minimum Gasteiger partial charge on any atom is -0.464 e. The minimum absolute atomic E-state index is 0.0264. The molecule has 2 aromatic rings. The first-order valence-corrected chi connectivity index (χ1v) is 8.48. The molecule has 0 aromatic heterocycles. The summed E-state index contributed by atoms with van der Waals surface area (Å²) in [6.07, 6.45) is -1.22. The molecule has 0 saturated carbocycles. The molecule has 1 amide bonds. The number of amides is 1. The Morgan fingerprint density at radius 1 is 1.25 bits per heavy atom. The van der Waals surface area contributed by atoms with Gasteiger partial charge in [0.05, 0.1) is 17.1 Å². The molecule has 2 aromatic carbocycles. The summed E-state index contributed by atoms with van der Waals surface area (Å²) < 4.78 is 10.7. The third-order valence-electron chi connectivity index (χ3n) is 4.87. The zero-order valence-electron chi connectivity index (χ0n) is 14.6. The van der Waals surface area contributed by atoms with Gasteiger partial charge in [-0.2, -0.15) is 0 Å². The molecule has 28 heavy (non-hydrogen) atoms. The highest BCUT2D eigenvalue weighted by Gasteiger charge is 2.60. The lowest BCUT2D eigenvalue weighted by Gasteiger charge is -2.32. The fourth-order valence-corrected chi connectivity index (χ4v) is 3.68. The lowest BCUT2D eigenvalue weighted by molar-refractivity contribution is -0.384. The van der Waals surface area contributed by atoms with E-state index in [-0.39, 0.29) is 29.0 Å². The van der Waals surface area contributed by atoms with Gasteiger partial charge in [-0.3, -0.25) is 14.9 Å². The van der Waals surface area contributed by atoms with Crippen molar-refractivity contribution in [1.82, 2.24) is 5.32 Å². The molecule has 0 radical (unpaired) electrons. The van der Waals surface area contributed by atoms with Gasteiger partial charge in [0.15, 0.2) is 6.10 Å². The molecule has 0 saturated heterocycles. The highest BCUT2D eigenvalue weighted by atomic mass is 16.6. The Morgan fingerprint density at radius 3 is 2.71 bits per heavy atom. The number of hydrogen-bond donors (Lipinski definition) is 1. The number of hydrogen-bond acceptors (Lipinski definition) is 7. The van der Waals surface area contributed by atoms with Crippen molar-refractivity contribution in [2.24, 2.45) is 0 Å². The second-order valence-electron chi connectivity index (χ2n) is 6.34. The van der Waals surface area contributed by atoms with Crippen molar-refractivity contribution in [2.45, 2.75) is 18.6 Å². The number of carbonyl (C=O) groups excluding carboxylic acids is 3. The van der Waals surface area contributed by atoms with Gasteiger partial charge in [-0.05, 0) is 19.1 Å². The van der Waals surface area contributed by atoms with Gasteiger partial charge in [-0.25, -0.2) is 9.59 Å². The van der Waals surface area contributed by atoms with Gasteiger partial charge in [0.25, 0.3) is 11.6 Å². The summed E-state index contributed by atoms with van der Waals surface area (Å²) in [5.74, 6) is -2.10. The van der Waals surface area contributed by atoms with E-state index >= 15 is 0 Å². The summed E-state index contributed by atoms with van der Waals surface area (Å²) in [5.41, 5.74) is -1.23. The van der Waals surface area contributed by atoms with E-state index in [0.29, 0.717) is 5.56 Å². The normalized spacial score (nSPS) is 22.1. The van der Waals surface area contributed by atoms with Gasteiger partial charge in [0.2, 0.25) is 5.54 Å². The number of nitrogens with zero attached hydrogens (tertiary/aromatic N) is 1. The van der Waals surface area contributed by atoms with E-state index < -0.39 is 34.4 Å². The Hall–Kier alpha value is -3.75. The Kier molecular flexibility index (Phi) is 3.88. The number of carbonyl (C=O) groups is 3. The average Bonchev–Trinajstić information content (AvgIpc) is 3.18. The predicted molar refractivity (Wildman–Crippen MR) is 93.5 cm³/mol. The Morgan fingerprint density at radius 2 is 2.00 bits per heavy atom. The summed E-state index contributed by atoms with van der Waals surface area (Å²) in [5, 5.41) is 13.7. The summed E-state index contributed by atoms with van der Waals surface area (Å²) >= 11 is 0. The second kappa shape index (κ2) is 6.15. The summed E-state index contributed by atoms with van der Waals surface area (Å²) in [4.78, 5) is 48.4. The van der Waals surface area contributed by atoms with E-state index in [1.807, 2.05) is 0 Å². The molecule has 0 unspecified atom stereocenters. The second-order valence-corrected chi connectivity index (χ2v) is 6.34. The molecule has 0 spiro atoms. The molecule has 9 heteroatoms. The summed E-state index contributed by atoms with van der Waals surface area (Å²) in [6.45, 7) is 1.67. The van der Waals surface area contributed by atoms with Crippen LogP contribution in [0, 0.1) is 10.1 Å². The van der Waals surface area contributed by atoms with Crippen LogP contribution in [0.2, 0.25) is 0 Å². The van der Waals surface area contributed by atoms with Crippen molar-refractivity contribution in [2.75, 3.05) is 6.61 Å². The molecule has 2 heterocycles. The Balaban J connectivity index is 1.93. The van der Waals surface area contributed by atoms with E-state index in [1.54, 1.807) is 31.2 Å². The van der Waals surface area contributed by atoms with Crippen molar-refractivity contribution in [3.05, 3.63) is 74.8 Å².